The third-order valence-corrected chi connectivity index (χ3v) is 2.88. The summed E-state index contributed by atoms with van der Waals surface area (Å²) in [6.45, 7) is 5.41. The Bertz CT molecular complexity index is 1140. The van der Waals surface area contributed by atoms with Gasteiger partial charge in [-0.15, -0.1) is 0 Å². The summed E-state index contributed by atoms with van der Waals surface area (Å²) in [5, 5.41) is 0.101. The minimum Gasteiger partial charge on any atom is -0.0616 e. The van der Waals surface area contributed by atoms with Crippen LogP contribution >= 0.6 is 0 Å². The molecular formula is C18H18. The van der Waals surface area contributed by atoms with Crippen LogP contribution in [-0.2, 0) is 5.41 Å². The molecule has 0 aliphatic rings. The lowest BCUT2D eigenvalue weighted by Gasteiger charge is -2.22. The lowest BCUT2D eigenvalue weighted by Crippen LogP contribution is -2.11. The van der Waals surface area contributed by atoms with Gasteiger partial charge in [0.05, 0.1) is 12.3 Å². The topological polar surface area (TPSA) is 0 Å². The molecule has 0 heteroatoms. The summed E-state index contributed by atoms with van der Waals surface area (Å²) in [7, 11) is 0. The molecule has 0 aliphatic heterocycles. The van der Waals surface area contributed by atoms with E-state index in [1.54, 1.807) is 20.8 Å². The van der Waals surface area contributed by atoms with Crippen LogP contribution in [0.5, 0.6) is 0 Å². The lowest BCUT2D eigenvalue weighted by atomic mass is 9.82. The Balaban J connectivity index is 2.92. The molecular weight excluding hydrogens is 216 g/mol. The molecule has 0 nitrogen and oxygen atoms in total. The molecule has 0 aromatic heterocycles. The number of fused-ring (bicyclic) bond motifs is 3. The zero-order valence-corrected chi connectivity index (χ0v) is 10.5. The van der Waals surface area contributed by atoms with Crippen molar-refractivity contribution in [1.82, 2.24) is 0 Å². The molecule has 0 unspecified atom stereocenters. The molecule has 0 radical (unpaired) electrons. The minimum absolute atomic E-state index is 0.0246. The van der Waals surface area contributed by atoms with E-state index in [9.17, 15) is 0 Å². The number of hydrogen-bond acceptors (Lipinski definition) is 0. The van der Waals surface area contributed by atoms with Crippen molar-refractivity contribution in [3.05, 3.63) is 59.9 Å². The van der Waals surface area contributed by atoms with Gasteiger partial charge in [0, 0.05) is 0 Å². The average Bonchev–Trinajstić information content (AvgIpc) is 2.58. The van der Waals surface area contributed by atoms with Gasteiger partial charge in [-0.25, -0.2) is 0 Å². The van der Waals surface area contributed by atoms with E-state index in [4.69, 9.17) is 12.3 Å². The van der Waals surface area contributed by atoms with Crippen LogP contribution in [0, 0.1) is 0 Å². The fourth-order valence-corrected chi connectivity index (χ4v) is 2.03. The van der Waals surface area contributed by atoms with Crippen molar-refractivity contribution in [3.63, 3.8) is 0 Å². The summed E-state index contributed by atoms with van der Waals surface area (Å²) >= 11 is 0. The van der Waals surface area contributed by atoms with Crippen LogP contribution in [0.2, 0.25) is 0 Å². The number of benzene rings is 3. The summed E-state index contributed by atoms with van der Waals surface area (Å²) < 4.78 is 73.9. The largest absolute Gasteiger partial charge is 0.0633 e. The normalized spacial score (nSPS) is 19.2. The third-order valence-electron chi connectivity index (χ3n) is 2.88. The van der Waals surface area contributed by atoms with Crippen molar-refractivity contribution in [3.8, 4) is 0 Å². The molecule has 0 N–H and O–H groups in total. The van der Waals surface area contributed by atoms with Crippen LogP contribution < -0.4 is 0 Å². The van der Waals surface area contributed by atoms with E-state index in [1.165, 1.54) is 0 Å². The van der Waals surface area contributed by atoms with Gasteiger partial charge in [-0.3, -0.25) is 0 Å². The molecule has 3 rings (SSSR count). The maximum Gasteiger partial charge on any atom is 0.0633 e. The zero-order chi connectivity index (χ0) is 20.6. The van der Waals surface area contributed by atoms with E-state index in [0.29, 0.717) is 5.56 Å². The Labute approximate surface area is 121 Å². The van der Waals surface area contributed by atoms with E-state index in [2.05, 4.69) is 0 Å². The molecule has 0 heterocycles. The Morgan fingerprint density at radius 3 is 2.00 bits per heavy atom. The van der Waals surface area contributed by atoms with Gasteiger partial charge >= 0.3 is 0 Å². The van der Waals surface area contributed by atoms with Gasteiger partial charge in [0.1, 0.15) is 0 Å². The predicted molar refractivity (Wildman–Crippen MR) is 80.2 cm³/mol. The average molecular weight is 243 g/mol. The number of hydrogen-bond donors (Lipinski definition) is 0. The van der Waals surface area contributed by atoms with Gasteiger partial charge in [0.15, 0.2) is 0 Å². The zero-order valence-electron chi connectivity index (χ0n) is 19.5. The van der Waals surface area contributed by atoms with E-state index < -0.39 is 35.6 Å². The summed E-state index contributed by atoms with van der Waals surface area (Å²) in [6, 6.07) is -3.47. The monoisotopic (exact) mass is 243 g/mol. The van der Waals surface area contributed by atoms with Crippen molar-refractivity contribution in [1.29, 1.82) is 0 Å². The van der Waals surface area contributed by atoms with Crippen LogP contribution in [0.3, 0.4) is 0 Å². The standard InChI is InChI=1S/C18H18/c1-18(2,3)17-12-13-8-4-5-9-14(13)15-10-6-7-11-16(15)17/h4-12H,1-3H3/i4D,5D,6D,7D,8D,9D,10D,11D,12D. The molecule has 0 saturated carbocycles. The van der Waals surface area contributed by atoms with E-state index >= 15 is 0 Å². The minimum atomic E-state index is -0.682. The summed E-state index contributed by atoms with van der Waals surface area (Å²) in [5.74, 6) is 0. The molecule has 0 amide bonds. The molecule has 0 fully saturated rings. The molecule has 0 saturated heterocycles. The van der Waals surface area contributed by atoms with E-state index in [0.717, 1.165) is 0 Å². The fourth-order valence-electron chi connectivity index (χ4n) is 2.03. The second-order valence-electron chi connectivity index (χ2n) is 5.25. The van der Waals surface area contributed by atoms with Gasteiger partial charge in [0.25, 0.3) is 0 Å². The second-order valence-corrected chi connectivity index (χ2v) is 5.25. The summed E-state index contributed by atoms with van der Waals surface area (Å²) in [5.41, 5.74) is -0.347. The highest BCUT2D eigenvalue weighted by molar-refractivity contribution is 6.09. The maximum atomic E-state index is 8.67. The fraction of sp³-hybridized carbons (Fsp3) is 0.222. The molecule has 90 valence electrons. The smallest absolute Gasteiger partial charge is 0.0616 e. The van der Waals surface area contributed by atoms with Crippen molar-refractivity contribution >= 4 is 21.5 Å². The van der Waals surface area contributed by atoms with Gasteiger partial charge in [-0.05, 0) is 38.6 Å². The quantitative estimate of drug-likeness (QED) is 0.471. The van der Waals surface area contributed by atoms with E-state index in [1.807, 2.05) is 0 Å². The Hall–Kier alpha value is -1.82. The molecule has 0 bridgehead atoms. The first-order valence-corrected chi connectivity index (χ1v) is 5.75. The highest BCUT2D eigenvalue weighted by Gasteiger charge is 2.17. The molecule has 3 aromatic rings. The molecule has 18 heavy (non-hydrogen) atoms. The third kappa shape index (κ3) is 1.69. The Kier molecular flexibility index (Phi) is 1.08. The van der Waals surface area contributed by atoms with Crippen LogP contribution in [0.15, 0.2) is 54.4 Å². The molecule has 0 aliphatic carbocycles. The van der Waals surface area contributed by atoms with Crippen molar-refractivity contribution < 1.29 is 12.3 Å². The van der Waals surface area contributed by atoms with Crippen molar-refractivity contribution in [2.75, 3.05) is 0 Å². The summed E-state index contributed by atoms with van der Waals surface area (Å²) in [6.07, 6.45) is 0. The number of rotatable bonds is 0. The highest BCUT2D eigenvalue weighted by Crippen LogP contribution is 2.35. The molecule has 0 atom stereocenters. The SMILES string of the molecule is [2H]c1c([2H])c([2H])c2c(c1[2H])c([2H])c(C(C)(C)C)c1c([2H])c([2H])c([2H])c([2H])c12. The molecule has 0 spiro atoms. The highest BCUT2D eigenvalue weighted by atomic mass is 14.2. The first-order chi connectivity index (χ1) is 12.3. The Morgan fingerprint density at radius 1 is 0.778 bits per heavy atom. The molecule has 3 aromatic carbocycles. The Morgan fingerprint density at radius 2 is 1.33 bits per heavy atom. The van der Waals surface area contributed by atoms with Gasteiger partial charge < -0.3 is 0 Å². The second kappa shape index (κ2) is 3.84. The van der Waals surface area contributed by atoms with Crippen LogP contribution in [-0.4, -0.2) is 0 Å². The van der Waals surface area contributed by atoms with Gasteiger partial charge in [-0.1, -0.05) is 69.1 Å². The van der Waals surface area contributed by atoms with Crippen molar-refractivity contribution in [2.45, 2.75) is 26.2 Å². The first kappa shape index (κ1) is 5.05. The maximum absolute atomic E-state index is 8.67. The van der Waals surface area contributed by atoms with Crippen LogP contribution in [0.1, 0.15) is 38.7 Å². The summed E-state index contributed by atoms with van der Waals surface area (Å²) in [4.78, 5) is 0. The van der Waals surface area contributed by atoms with Gasteiger partial charge in [0.2, 0.25) is 0 Å². The first-order valence-electron chi connectivity index (χ1n) is 10.2. The van der Waals surface area contributed by atoms with E-state index in [-0.39, 0.29) is 45.7 Å². The predicted octanol–water partition coefficient (Wildman–Crippen LogP) is 5.29. The van der Waals surface area contributed by atoms with Gasteiger partial charge in [-0.2, -0.15) is 0 Å². The lowest BCUT2D eigenvalue weighted by molar-refractivity contribution is 0.596. The van der Waals surface area contributed by atoms with Crippen LogP contribution in [0.4, 0.5) is 0 Å². The van der Waals surface area contributed by atoms with Crippen molar-refractivity contribution in [2.24, 2.45) is 0 Å². The van der Waals surface area contributed by atoms with Crippen LogP contribution in [0.25, 0.3) is 21.5 Å².